The predicted octanol–water partition coefficient (Wildman–Crippen LogP) is 4.99. The van der Waals surface area contributed by atoms with Gasteiger partial charge in [0.05, 0.1) is 28.4 Å². The second-order valence-electron chi connectivity index (χ2n) is 6.67. The van der Waals surface area contributed by atoms with Crippen LogP contribution in [0.25, 0.3) is 0 Å². The summed E-state index contributed by atoms with van der Waals surface area (Å²) in [5.74, 6) is -2.34. The van der Waals surface area contributed by atoms with Gasteiger partial charge in [-0.3, -0.25) is 9.59 Å². The third-order valence-corrected chi connectivity index (χ3v) is 4.33. The Kier molecular flexibility index (Phi) is 6.93. The minimum atomic E-state index is -4.85. The molecule has 3 aromatic rings. The zero-order valence-electron chi connectivity index (χ0n) is 16.7. The summed E-state index contributed by atoms with van der Waals surface area (Å²) in [5, 5.41) is 13.1. The molecule has 33 heavy (non-hydrogen) atoms. The fourth-order valence-electron chi connectivity index (χ4n) is 2.77. The van der Waals surface area contributed by atoms with Gasteiger partial charge in [-0.25, -0.2) is 4.39 Å². The number of anilines is 2. The van der Waals surface area contributed by atoms with Gasteiger partial charge in [0.1, 0.15) is 11.6 Å². The first-order valence-corrected chi connectivity index (χ1v) is 9.37. The van der Waals surface area contributed by atoms with Crippen LogP contribution >= 0.6 is 0 Å². The van der Waals surface area contributed by atoms with Crippen LogP contribution in [0.2, 0.25) is 0 Å². The minimum Gasteiger partial charge on any atom is -0.484 e. The number of carbonyl (C=O) groups is 2. The van der Waals surface area contributed by atoms with Crippen LogP contribution in [0.1, 0.15) is 21.5 Å². The lowest BCUT2D eigenvalue weighted by molar-refractivity contribution is -0.137. The number of nitrogens with zero attached hydrogens (tertiary/aromatic N) is 1. The van der Waals surface area contributed by atoms with Crippen LogP contribution in [-0.4, -0.2) is 18.4 Å². The van der Waals surface area contributed by atoms with Crippen LogP contribution in [0.5, 0.6) is 5.75 Å². The first kappa shape index (κ1) is 23.3. The maximum Gasteiger partial charge on any atom is 0.418 e. The lowest BCUT2D eigenvalue weighted by Gasteiger charge is -2.16. The molecule has 0 aliphatic rings. The summed E-state index contributed by atoms with van der Waals surface area (Å²) in [6.45, 7) is -0.574. The molecule has 0 saturated carbocycles. The van der Waals surface area contributed by atoms with E-state index in [9.17, 15) is 27.2 Å². The van der Waals surface area contributed by atoms with Crippen LogP contribution < -0.4 is 15.4 Å². The zero-order chi connectivity index (χ0) is 24.0. The van der Waals surface area contributed by atoms with E-state index in [0.717, 1.165) is 18.2 Å². The Labute approximate surface area is 185 Å². The highest BCUT2D eigenvalue weighted by molar-refractivity contribution is 6.04. The van der Waals surface area contributed by atoms with Gasteiger partial charge >= 0.3 is 6.18 Å². The van der Waals surface area contributed by atoms with Crippen molar-refractivity contribution in [1.29, 1.82) is 5.26 Å². The highest BCUT2D eigenvalue weighted by Crippen LogP contribution is 2.36. The van der Waals surface area contributed by atoms with E-state index >= 15 is 0 Å². The Morgan fingerprint density at radius 3 is 2.30 bits per heavy atom. The second-order valence-corrected chi connectivity index (χ2v) is 6.67. The van der Waals surface area contributed by atoms with Crippen molar-refractivity contribution in [1.82, 2.24) is 0 Å². The van der Waals surface area contributed by atoms with Crippen molar-refractivity contribution in [3.8, 4) is 11.8 Å². The van der Waals surface area contributed by atoms with Crippen LogP contribution in [0.3, 0.4) is 0 Å². The van der Waals surface area contributed by atoms with Crippen LogP contribution in [0.4, 0.5) is 28.9 Å². The maximum absolute atomic E-state index is 13.7. The molecule has 0 spiro atoms. The number of hydrogen-bond acceptors (Lipinski definition) is 4. The summed E-state index contributed by atoms with van der Waals surface area (Å²) in [6, 6.07) is 15.5. The molecule has 10 heteroatoms. The van der Waals surface area contributed by atoms with Crippen LogP contribution in [-0.2, 0) is 11.0 Å². The van der Waals surface area contributed by atoms with Crippen molar-refractivity contribution < 1.29 is 31.9 Å². The molecule has 168 valence electrons. The predicted molar refractivity (Wildman–Crippen MR) is 111 cm³/mol. The molecule has 3 aromatic carbocycles. The zero-order valence-corrected chi connectivity index (χ0v) is 16.7. The highest BCUT2D eigenvalue weighted by Gasteiger charge is 2.34. The van der Waals surface area contributed by atoms with Crippen LogP contribution in [0, 0.1) is 17.1 Å². The van der Waals surface area contributed by atoms with Gasteiger partial charge in [-0.15, -0.1) is 0 Å². The van der Waals surface area contributed by atoms with E-state index in [0.29, 0.717) is 11.6 Å². The van der Waals surface area contributed by atoms with Gasteiger partial charge in [0.2, 0.25) is 0 Å². The van der Waals surface area contributed by atoms with E-state index in [2.05, 4.69) is 10.6 Å². The topological polar surface area (TPSA) is 91.2 Å². The van der Waals surface area contributed by atoms with Gasteiger partial charge < -0.3 is 15.4 Å². The first-order valence-electron chi connectivity index (χ1n) is 9.37. The molecule has 2 amide bonds. The Hall–Kier alpha value is -4.39. The molecule has 3 rings (SSSR count). The van der Waals surface area contributed by atoms with Crippen molar-refractivity contribution in [3.63, 3.8) is 0 Å². The van der Waals surface area contributed by atoms with E-state index in [4.69, 9.17) is 10.00 Å². The highest BCUT2D eigenvalue weighted by atomic mass is 19.4. The van der Waals surface area contributed by atoms with E-state index in [1.54, 1.807) is 0 Å². The number of ether oxygens (including phenoxy) is 1. The van der Waals surface area contributed by atoms with Gasteiger partial charge in [0.15, 0.2) is 6.61 Å². The third kappa shape index (κ3) is 6.07. The lowest BCUT2D eigenvalue weighted by Crippen LogP contribution is -2.22. The number of amides is 2. The molecule has 2 N–H and O–H groups in total. The summed E-state index contributed by atoms with van der Waals surface area (Å²) in [4.78, 5) is 24.3. The standard InChI is InChI=1S/C23H15F4N3O3/c24-19-4-2-1-3-17(19)22(32)29-15-7-10-20(18(11-15)23(25,26)27)30-21(31)13-33-16-8-5-14(12-28)6-9-16/h1-11H,13H2,(H,29,32)(H,30,31). The van der Waals surface area contributed by atoms with Gasteiger partial charge in [0, 0.05) is 5.69 Å². The molecule has 0 heterocycles. The van der Waals surface area contributed by atoms with Gasteiger partial charge in [-0.1, -0.05) is 12.1 Å². The summed E-state index contributed by atoms with van der Waals surface area (Å²) in [7, 11) is 0. The van der Waals surface area contributed by atoms with E-state index in [1.807, 2.05) is 6.07 Å². The number of rotatable bonds is 6. The molecule has 0 aliphatic heterocycles. The van der Waals surface area contributed by atoms with E-state index in [1.165, 1.54) is 42.5 Å². The van der Waals surface area contributed by atoms with Gasteiger partial charge in [-0.2, -0.15) is 18.4 Å². The molecule has 0 atom stereocenters. The molecule has 0 aromatic heterocycles. The summed E-state index contributed by atoms with van der Waals surface area (Å²) < 4.78 is 59.6. The van der Waals surface area contributed by atoms with Gasteiger partial charge in [-0.05, 0) is 54.6 Å². The molecule has 6 nitrogen and oxygen atoms in total. The van der Waals surface area contributed by atoms with E-state index in [-0.39, 0.29) is 17.0 Å². The average molecular weight is 457 g/mol. The maximum atomic E-state index is 13.7. The average Bonchev–Trinajstić information content (AvgIpc) is 2.78. The molecule has 0 aliphatic carbocycles. The molecular weight excluding hydrogens is 442 g/mol. The number of nitrogens with one attached hydrogen (secondary N) is 2. The minimum absolute atomic E-state index is 0.234. The van der Waals surface area contributed by atoms with Crippen molar-refractivity contribution in [2.45, 2.75) is 6.18 Å². The Morgan fingerprint density at radius 1 is 0.970 bits per heavy atom. The molecule has 0 unspecified atom stereocenters. The Balaban J connectivity index is 1.72. The number of halogens is 4. The second kappa shape index (κ2) is 9.82. The van der Waals surface area contributed by atoms with Gasteiger partial charge in [0.25, 0.3) is 11.8 Å². The number of carbonyl (C=O) groups excluding carboxylic acids is 2. The van der Waals surface area contributed by atoms with Crippen molar-refractivity contribution in [2.24, 2.45) is 0 Å². The largest absolute Gasteiger partial charge is 0.484 e. The smallest absolute Gasteiger partial charge is 0.418 e. The number of hydrogen-bond donors (Lipinski definition) is 2. The van der Waals surface area contributed by atoms with E-state index < -0.39 is 41.7 Å². The number of nitriles is 1. The number of benzene rings is 3. The molecular formula is C23H15F4N3O3. The fourth-order valence-corrected chi connectivity index (χ4v) is 2.77. The first-order chi connectivity index (χ1) is 15.7. The van der Waals surface area contributed by atoms with Crippen molar-refractivity contribution in [2.75, 3.05) is 17.2 Å². The van der Waals surface area contributed by atoms with Crippen molar-refractivity contribution in [3.05, 3.63) is 89.2 Å². The van der Waals surface area contributed by atoms with Crippen molar-refractivity contribution >= 4 is 23.2 Å². The third-order valence-electron chi connectivity index (χ3n) is 4.33. The molecule has 0 bridgehead atoms. The fraction of sp³-hybridized carbons (Fsp3) is 0.0870. The van der Waals surface area contributed by atoms with Crippen LogP contribution in [0.15, 0.2) is 66.7 Å². The summed E-state index contributed by atoms with van der Waals surface area (Å²) in [5.41, 5.74) is -1.94. The molecule has 0 fully saturated rings. The SMILES string of the molecule is N#Cc1ccc(OCC(=O)Nc2ccc(NC(=O)c3ccccc3F)cc2C(F)(F)F)cc1. The quantitative estimate of drug-likeness (QED) is 0.511. The summed E-state index contributed by atoms with van der Waals surface area (Å²) >= 11 is 0. The molecule has 0 saturated heterocycles. The molecule has 0 radical (unpaired) electrons. The Bertz CT molecular complexity index is 1220. The number of alkyl halides is 3. The normalized spacial score (nSPS) is 10.8. The monoisotopic (exact) mass is 457 g/mol. The summed E-state index contributed by atoms with van der Waals surface area (Å²) in [6.07, 6.45) is -4.85. The Morgan fingerprint density at radius 2 is 1.67 bits per heavy atom. The lowest BCUT2D eigenvalue weighted by atomic mass is 10.1.